The standard InChI is InChI=1S/C18H18BN4O2S.C13H25N.C5H12/c1-12-4-3-5-13(8-12)15-11-26-18(21-15)22-16(24)9-20-17(25)14-6-7-23(10-14)19-2;1-6-11(3)8-9-12(4)13(7-2)10-14-5;1-4-5(2)3/h3-8,10-11H,9H2,1-2H3,(H,20,25)(H,21,22,24);10-11H,6-9H2,1-5H3;5H,4H2,1-3H3/b;13-12+,14-10?;. The minimum absolute atomic E-state index is 0.112. The zero-order valence-corrected chi connectivity index (χ0v) is 30.1. The van der Waals surface area contributed by atoms with Gasteiger partial charge in [-0.15, -0.1) is 11.3 Å². The van der Waals surface area contributed by atoms with Gasteiger partial charge in [-0.2, -0.15) is 0 Å². The number of rotatable bonds is 13. The highest BCUT2D eigenvalue weighted by Crippen LogP contribution is 2.25. The summed E-state index contributed by atoms with van der Waals surface area (Å²) in [7, 11) is 3.68. The van der Waals surface area contributed by atoms with Gasteiger partial charge in [0.1, 0.15) is 0 Å². The number of amides is 2. The fourth-order valence-corrected chi connectivity index (χ4v) is 4.62. The Balaban J connectivity index is 0.000000448. The predicted molar refractivity (Wildman–Crippen MR) is 196 cm³/mol. The molecule has 0 fully saturated rings. The van der Waals surface area contributed by atoms with Crippen molar-refractivity contribution in [2.24, 2.45) is 16.8 Å². The third kappa shape index (κ3) is 15.9. The van der Waals surface area contributed by atoms with Crippen molar-refractivity contribution < 1.29 is 9.59 Å². The Kier molecular flexibility index (Phi) is 19.4. The first-order valence-electron chi connectivity index (χ1n) is 16.2. The van der Waals surface area contributed by atoms with Crippen LogP contribution in [0.25, 0.3) is 11.3 Å². The van der Waals surface area contributed by atoms with Crippen molar-refractivity contribution in [2.45, 2.75) is 94.3 Å². The van der Waals surface area contributed by atoms with Gasteiger partial charge in [0.15, 0.2) is 5.13 Å². The Morgan fingerprint density at radius 3 is 2.40 bits per heavy atom. The van der Waals surface area contributed by atoms with Gasteiger partial charge in [0.25, 0.3) is 5.91 Å². The van der Waals surface area contributed by atoms with Crippen LogP contribution in [0.3, 0.4) is 0 Å². The van der Waals surface area contributed by atoms with Crippen LogP contribution in [0.1, 0.15) is 96.5 Å². The highest BCUT2D eigenvalue weighted by Gasteiger charge is 2.12. The molecule has 9 heteroatoms. The quantitative estimate of drug-likeness (QED) is 0.146. The van der Waals surface area contributed by atoms with E-state index in [1.807, 2.05) is 64.1 Å². The van der Waals surface area contributed by atoms with Crippen molar-refractivity contribution in [1.29, 1.82) is 0 Å². The normalized spacial score (nSPS) is 12.0. The Hall–Kier alpha value is -3.46. The first-order chi connectivity index (χ1) is 21.5. The highest BCUT2D eigenvalue weighted by atomic mass is 32.1. The van der Waals surface area contributed by atoms with E-state index in [9.17, 15) is 9.59 Å². The molecule has 0 saturated carbocycles. The van der Waals surface area contributed by atoms with Crippen LogP contribution < -0.4 is 10.6 Å². The second kappa shape index (κ2) is 22.1. The number of aryl methyl sites for hydroxylation is 1. The molecule has 0 aliphatic heterocycles. The van der Waals surface area contributed by atoms with Gasteiger partial charge in [-0.1, -0.05) is 90.5 Å². The highest BCUT2D eigenvalue weighted by molar-refractivity contribution is 7.14. The van der Waals surface area contributed by atoms with E-state index >= 15 is 0 Å². The number of aromatic nitrogens is 2. The average molecular weight is 633 g/mol. The molecule has 2 aromatic heterocycles. The Morgan fingerprint density at radius 1 is 1.13 bits per heavy atom. The summed E-state index contributed by atoms with van der Waals surface area (Å²) in [5.74, 6) is 1.13. The van der Waals surface area contributed by atoms with E-state index in [4.69, 9.17) is 0 Å². The number of nitrogens with zero attached hydrogens (tertiary/aromatic N) is 3. The summed E-state index contributed by atoms with van der Waals surface area (Å²) < 4.78 is 1.78. The lowest BCUT2D eigenvalue weighted by Crippen LogP contribution is -2.32. The molecular weight excluding hydrogens is 577 g/mol. The minimum atomic E-state index is -0.315. The molecule has 1 atom stereocenters. The molecular formula is C36H55BN5O2S. The number of nitrogens with one attached hydrogen (secondary N) is 2. The molecule has 3 aromatic rings. The number of allylic oxidation sites excluding steroid dienone is 2. The molecule has 0 bridgehead atoms. The van der Waals surface area contributed by atoms with Crippen molar-refractivity contribution in [3.63, 3.8) is 0 Å². The van der Waals surface area contributed by atoms with E-state index in [1.54, 1.807) is 22.9 Å². The SMILES string of the molecule is CC/C(C=NC)=C(/C)CCC(C)CC.CCC(C)C.C[B]n1ccc(C(=O)NCC(=O)Nc2nc(-c3cccc(C)c3)cs2)c1. The second-order valence-electron chi connectivity index (χ2n) is 11.6. The van der Waals surface area contributed by atoms with E-state index in [0.29, 0.717) is 10.7 Å². The second-order valence-corrected chi connectivity index (χ2v) is 12.5. The van der Waals surface area contributed by atoms with Crippen LogP contribution >= 0.6 is 11.3 Å². The molecule has 7 nitrogen and oxygen atoms in total. The molecule has 45 heavy (non-hydrogen) atoms. The van der Waals surface area contributed by atoms with Gasteiger partial charge in [0.05, 0.1) is 17.8 Å². The molecule has 0 saturated heterocycles. The minimum Gasteiger partial charge on any atom is -0.402 e. The Morgan fingerprint density at radius 2 is 1.84 bits per heavy atom. The fraction of sp³-hybridized carbons (Fsp3) is 0.500. The first kappa shape index (κ1) is 39.6. The molecule has 245 valence electrons. The molecule has 1 radical (unpaired) electrons. The average Bonchev–Trinajstić information content (AvgIpc) is 3.72. The first-order valence-corrected chi connectivity index (χ1v) is 17.0. The lowest BCUT2D eigenvalue weighted by molar-refractivity contribution is -0.115. The van der Waals surface area contributed by atoms with Crippen LogP contribution in [0.4, 0.5) is 5.13 Å². The molecule has 0 aliphatic rings. The van der Waals surface area contributed by atoms with E-state index in [1.165, 1.54) is 48.2 Å². The van der Waals surface area contributed by atoms with Crippen LogP contribution in [0.5, 0.6) is 0 Å². The molecule has 3 rings (SSSR count). The van der Waals surface area contributed by atoms with E-state index in [-0.39, 0.29) is 18.4 Å². The number of thiazole rings is 1. The predicted octanol–water partition coefficient (Wildman–Crippen LogP) is 9.10. The third-order valence-electron chi connectivity index (χ3n) is 7.49. The molecule has 0 spiro atoms. The van der Waals surface area contributed by atoms with Gasteiger partial charge in [-0.05, 0) is 68.8 Å². The van der Waals surface area contributed by atoms with E-state index < -0.39 is 0 Å². The van der Waals surface area contributed by atoms with Gasteiger partial charge < -0.3 is 15.1 Å². The third-order valence-corrected chi connectivity index (χ3v) is 8.25. The molecule has 2 amide bonds. The summed E-state index contributed by atoms with van der Waals surface area (Å²) in [5.41, 5.74) is 6.40. The topological polar surface area (TPSA) is 88.4 Å². The maximum atomic E-state index is 12.0. The van der Waals surface area contributed by atoms with Gasteiger partial charge >= 0.3 is 0 Å². The molecule has 1 aromatic carbocycles. The summed E-state index contributed by atoms with van der Waals surface area (Å²) in [4.78, 5) is 32.6. The van der Waals surface area contributed by atoms with Gasteiger partial charge in [-0.3, -0.25) is 14.6 Å². The summed E-state index contributed by atoms with van der Waals surface area (Å²) in [6.07, 6.45) is 11.7. The Bertz CT molecular complexity index is 1360. The lowest BCUT2D eigenvalue weighted by atomic mass is 9.96. The summed E-state index contributed by atoms with van der Waals surface area (Å²) in [5, 5.41) is 7.72. The van der Waals surface area contributed by atoms with Crippen LogP contribution in [0, 0.1) is 18.8 Å². The van der Waals surface area contributed by atoms with E-state index in [2.05, 4.69) is 69.1 Å². The smallest absolute Gasteiger partial charge is 0.253 e. The van der Waals surface area contributed by atoms with Crippen molar-refractivity contribution >= 4 is 41.9 Å². The van der Waals surface area contributed by atoms with Crippen LogP contribution in [-0.2, 0) is 4.79 Å². The van der Waals surface area contributed by atoms with Crippen LogP contribution in [-0.4, -0.2) is 48.5 Å². The lowest BCUT2D eigenvalue weighted by Gasteiger charge is -2.10. The fourth-order valence-electron chi connectivity index (χ4n) is 3.89. The number of carbonyl (C=O) groups is 2. The molecule has 1 unspecified atom stereocenters. The van der Waals surface area contributed by atoms with Crippen molar-refractivity contribution in [3.05, 3.63) is 70.4 Å². The number of benzene rings is 1. The summed E-state index contributed by atoms with van der Waals surface area (Å²) >= 11 is 1.35. The Labute approximate surface area is 277 Å². The van der Waals surface area contributed by atoms with Crippen molar-refractivity contribution in [2.75, 3.05) is 18.9 Å². The van der Waals surface area contributed by atoms with Crippen molar-refractivity contribution in [1.82, 2.24) is 14.8 Å². The number of carbonyl (C=O) groups excluding carboxylic acids is 2. The number of hydrogen-bond donors (Lipinski definition) is 2. The molecule has 2 heterocycles. The van der Waals surface area contributed by atoms with Crippen molar-refractivity contribution in [3.8, 4) is 11.3 Å². The molecule has 2 N–H and O–H groups in total. The van der Waals surface area contributed by atoms with Gasteiger partial charge in [0, 0.05) is 30.4 Å². The van der Waals surface area contributed by atoms with Crippen LogP contribution in [0.2, 0.25) is 6.82 Å². The van der Waals surface area contributed by atoms with Crippen LogP contribution in [0.15, 0.2) is 64.2 Å². The van der Waals surface area contributed by atoms with Gasteiger partial charge in [-0.25, -0.2) is 4.98 Å². The van der Waals surface area contributed by atoms with E-state index in [0.717, 1.165) is 35.1 Å². The largest absolute Gasteiger partial charge is 0.402 e. The maximum Gasteiger partial charge on any atom is 0.253 e. The summed E-state index contributed by atoms with van der Waals surface area (Å²) in [6.45, 7) is 19.4. The number of anilines is 1. The van der Waals surface area contributed by atoms with Gasteiger partial charge in [0.2, 0.25) is 13.3 Å². The zero-order chi connectivity index (χ0) is 33.8. The summed E-state index contributed by atoms with van der Waals surface area (Å²) in [6, 6.07) is 9.71. The number of hydrogen-bond acceptors (Lipinski definition) is 5. The monoisotopic (exact) mass is 632 g/mol. The number of aliphatic imine (C=N–C) groups is 1. The maximum absolute atomic E-state index is 12.0. The zero-order valence-electron chi connectivity index (χ0n) is 29.2. The molecule has 0 aliphatic carbocycles.